The number of Topliss-reactive ketones (excluding diaryl/α,β-unsaturated/α-hetero) is 1. The highest BCUT2D eigenvalue weighted by atomic mass is 16.5. The Morgan fingerprint density at radius 3 is 2.68 bits per heavy atom. The first-order valence-corrected chi connectivity index (χ1v) is 9.33. The van der Waals surface area contributed by atoms with E-state index in [4.69, 9.17) is 4.74 Å². The summed E-state index contributed by atoms with van der Waals surface area (Å²) in [5.74, 6) is 0.202. The zero-order valence-corrected chi connectivity index (χ0v) is 15.9. The summed E-state index contributed by atoms with van der Waals surface area (Å²) in [4.78, 5) is 38.9. The summed E-state index contributed by atoms with van der Waals surface area (Å²) in [5, 5.41) is 6.95. The van der Waals surface area contributed by atoms with Crippen LogP contribution in [0, 0.1) is 12.8 Å². The first-order valence-electron chi connectivity index (χ1n) is 9.33. The number of nitrogens with one attached hydrogen (secondary N) is 1. The van der Waals surface area contributed by atoms with Crippen LogP contribution in [0.5, 0.6) is 5.75 Å². The average Bonchev–Trinajstić information content (AvgIpc) is 3.04. The Kier molecular flexibility index (Phi) is 4.62. The minimum Gasteiger partial charge on any atom is -0.482 e. The number of aromatic nitrogens is 2. The summed E-state index contributed by atoms with van der Waals surface area (Å²) < 4.78 is 6.97. The second-order valence-electron chi connectivity index (χ2n) is 7.28. The van der Waals surface area contributed by atoms with Gasteiger partial charge in [0.15, 0.2) is 12.4 Å². The molecular weight excluding hydrogens is 360 g/mol. The van der Waals surface area contributed by atoms with E-state index < -0.39 is 0 Å². The summed E-state index contributed by atoms with van der Waals surface area (Å²) in [6.07, 6.45) is 2.96. The molecule has 2 amide bonds. The predicted octanol–water partition coefficient (Wildman–Crippen LogP) is 1.79. The van der Waals surface area contributed by atoms with Crippen molar-refractivity contribution in [1.82, 2.24) is 14.7 Å². The number of anilines is 1. The van der Waals surface area contributed by atoms with Gasteiger partial charge in [0, 0.05) is 37.8 Å². The molecule has 28 heavy (non-hydrogen) atoms. The van der Waals surface area contributed by atoms with Crippen molar-refractivity contribution >= 4 is 23.3 Å². The van der Waals surface area contributed by atoms with Crippen molar-refractivity contribution in [3.63, 3.8) is 0 Å². The molecule has 0 atom stereocenters. The van der Waals surface area contributed by atoms with Gasteiger partial charge in [-0.15, -0.1) is 0 Å². The van der Waals surface area contributed by atoms with Gasteiger partial charge in [0.05, 0.1) is 16.9 Å². The lowest BCUT2D eigenvalue weighted by Gasteiger charge is -2.31. The Morgan fingerprint density at radius 1 is 1.25 bits per heavy atom. The number of piperidine rings is 1. The van der Waals surface area contributed by atoms with Gasteiger partial charge in [0.2, 0.25) is 0 Å². The van der Waals surface area contributed by atoms with Crippen LogP contribution in [0.4, 0.5) is 5.69 Å². The molecule has 0 bridgehead atoms. The van der Waals surface area contributed by atoms with Crippen molar-refractivity contribution in [2.24, 2.45) is 13.0 Å². The Hall–Kier alpha value is -3.16. The maximum atomic E-state index is 12.9. The second kappa shape index (κ2) is 7.10. The highest BCUT2D eigenvalue weighted by molar-refractivity contribution is 6.02. The van der Waals surface area contributed by atoms with E-state index >= 15 is 0 Å². The van der Waals surface area contributed by atoms with Crippen LogP contribution in [0.1, 0.15) is 39.3 Å². The average molecular weight is 382 g/mol. The largest absolute Gasteiger partial charge is 0.482 e. The Balaban J connectivity index is 1.42. The van der Waals surface area contributed by atoms with Crippen LogP contribution in [0.3, 0.4) is 0 Å². The standard InChI is InChI=1S/C20H22N4O4/c1-12-15(10-23(2)22-12)20(27)24-7-5-13(6-8-24)19(26)14-3-4-17-16(9-14)21-18(25)11-28-17/h3-4,9-10,13H,5-8,11H2,1-2H3,(H,21,25). The van der Waals surface area contributed by atoms with E-state index in [1.165, 1.54) is 0 Å². The smallest absolute Gasteiger partial charge is 0.262 e. The van der Waals surface area contributed by atoms with Crippen LogP contribution in [-0.2, 0) is 11.8 Å². The molecule has 4 rings (SSSR count). The molecule has 0 spiro atoms. The number of carbonyl (C=O) groups excluding carboxylic acids is 3. The zero-order chi connectivity index (χ0) is 19.8. The molecule has 2 aliphatic rings. The summed E-state index contributed by atoms with van der Waals surface area (Å²) in [5.41, 5.74) is 2.40. The molecule has 1 aromatic heterocycles. The molecule has 3 heterocycles. The van der Waals surface area contributed by atoms with Gasteiger partial charge in [-0.25, -0.2) is 0 Å². The highest BCUT2D eigenvalue weighted by Gasteiger charge is 2.30. The van der Waals surface area contributed by atoms with Crippen LogP contribution in [0.2, 0.25) is 0 Å². The van der Waals surface area contributed by atoms with Gasteiger partial charge in [-0.3, -0.25) is 19.1 Å². The molecule has 2 aliphatic heterocycles. The third-order valence-electron chi connectivity index (χ3n) is 5.29. The Labute approximate surface area is 162 Å². The SMILES string of the molecule is Cc1nn(C)cc1C(=O)N1CCC(C(=O)c2ccc3c(c2)NC(=O)CO3)CC1. The Bertz CT molecular complexity index is 957. The van der Waals surface area contributed by atoms with E-state index in [1.807, 2.05) is 6.92 Å². The van der Waals surface area contributed by atoms with E-state index in [1.54, 1.807) is 41.0 Å². The number of likely N-dealkylation sites (tertiary alicyclic amines) is 1. The van der Waals surface area contributed by atoms with Crippen molar-refractivity contribution in [2.75, 3.05) is 25.0 Å². The van der Waals surface area contributed by atoms with Crippen molar-refractivity contribution in [3.8, 4) is 5.75 Å². The number of rotatable bonds is 3. The van der Waals surface area contributed by atoms with Crippen LogP contribution >= 0.6 is 0 Å². The van der Waals surface area contributed by atoms with Gasteiger partial charge in [0.25, 0.3) is 11.8 Å². The fourth-order valence-corrected chi connectivity index (χ4v) is 3.80. The van der Waals surface area contributed by atoms with Crippen molar-refractivity contribution in [1.29, 1.82) is 0 Å². The number of benzene rings is 1. The van der Waals surface area contributed by atoms with Crippen LogP contribution in [0.25, 0.3) is 0 Å². The monoisotopic (exact) mass is 382 g/mol. The number of amides is 2. The van der Waals surface area contributed by atoms with Crippen LogP contribution in [-0.4, -0.2) is 52.0 Å². The molecule has 0 radical (unpaired) electrons. The van der Waals surface area contributed by atoms with Crippen molar-refractivity contribution < 1.29 is 19.1 Å². The normalized spacial score (nSPS) is 16.9. The van der Waals surface area contributed by atoms with Gasteiger partial charge in [-0.05, 0) is 38.0 Å². The first-order chi connectivity index (χ1) is 13.4. The highest BCUT2D eigenvalue weighted by Crippen LogP contribution is 2.31. The fourth-order valence-electron chi connectivity index (χ4n) is 3.80. The van der Waals surface area contributed by atoms with Crippen molar-refractivity contribution in [3.05, 3.63) is 41.2 Å². The molecule has 8 nitrogen and oxygen atoms in total. The van der Waals surface area contributed by atoms with E-state index in [-0.39, 0.29) is 30.1 Å². The topological polar surface area (TPSA) is 93.5 Å². The maximum Gasteiger partial charge on any atom is 0.262 e. The predicted molar refractivity (Wildman–Crippen MR) is 101 cm³/mol. The number of nitrogens with zero attached hydrogens (tertiary/aromatic N) is 3. The van der Waals surface area contributed by atoms with Gasteiger partial charge < -0.3 is 15.0 Å². The fraction of sp³-hybridized carbons (Fsp3) is 0.400. The lowest BCUT2D eigenvalue weighted by Crippen LogP contribution is -2.40. The summed E-state index contributed by atoms with van der Waals surface area (Å²) in [6.45, 7) is 2.88. The molecule has 1 fully saturated rings. The number of fused-ring (bicyclic) bond motifs is 1. The van der Waals surface area contributed by atoms with Crippen molar-refractivity contribution in [2.45, 2.75) is 19.8 Å². The van der Waals surface area contributed by atoms with E-state index in [0.717, 1.165) is 0 Å². The third kappa shape index (κ3) is 3.37. The third-order valence-corrected chi connectivity index (χ3v) is 5.29. The number of ether oxygens (including phenoxy) is 1. The maximum absolute atomic E-state index is 12.9. The first kappa shape index (κ1) is 18.2. The van der Waals surface area contributed by atoms with Crippen LogP contribution < -0.4 is 10.1 Å². The molecule has 0 saturated carbocycles. The minimum atomic E-state index is -0.227. The Morgan fingerprint density at radius 2 is 2.00 bits per heavy atom. The summed E-state index contributed by atoms with van der Waals surface area (Å²) >= 11 is 0. The molecule has 2 aromatic rings. The quantitative estimate of drug-likeness (QED) is 0.817. The number of ketones is 1. The lowest BCUT2D eigenvalue weighted by molar-refractivity contribution is -0.118. The van der Waals surface area contributed by atoms with Gasteiger partial charge in [-0.2, -0.15) is 5.10 Å². The molecule has 0 unspecified atom stereocenters. The summed E-state index contributed by atoms with van der Waals surface area (Å²) in [7, 11) is 1.79. The van der Waals surface area contributed by atoms with Crippen LogP contribution in [0.15, 0.2) is 24.4 Å². The van der Waals surface area contributed by atoms with E-state index in [2.05, 4.69) is 10.4 Å². The molecule has 0 aliphatic carbocycles. The molecular formula is C20H22N4O4. The van der Waals surface area contributed by atoms with Gasteiger partial charge in [0.1, 0.15) is 5.75 Å². The molecule has 8 heteroatoms. The number of carbonyl (C=O) groups is 3. The summed E-state index contributed by atoms with van der Waals surface area (Å²) in [6, 6.07) is 5.12. The minimum absolute atomic E-state index is 0.0107. The lowest BCUT2D eigenvalue weighted by atomic mass is 9.88. The molecule has 1 aromatic carbocycles. The molecule has 1 N–H and O–H groups in total. The number of aryl methyl sites for hydroxylation is 2. The molecule has 146 valence electrons. The van der Waals surface area contributed by atoms with Gasteiger partial charge >= 0.3 is 0 Å². The zero-order valence-electron chi connectivity index (χ0n) is 15.9. The van der Waals surface area contributed by atoms with E-state index in [9.17, 15) is 14.4 Å². The number of hydrogen-bond donors (Lipinski definition) is 1. The van der Waals surface area contributed by atoms with E-state index in [0.29, 0.717) is 54.2 Å². The molecule has 1 saturated heterocycles. The number of hydrogen-bond acceptors (Lipinski definition) is 5. The second-order valence-corrected chi connectivity index (χ2v) is 7.28. The van der Waals surface area contributed by atoms with Gasteiger partial charge in [-0.1, -0.05) is 0 Å².